The number of rotatable bonds is 9. The van der Waals surface area contributed by atoms with E-state index in [1.807, 2.05) is 97.1 Å². The number of carbonyl (C=O) groups is 2. The SMILES string of the molecule is CC(C)(C)Cc1ccc2nc([C@H](CC(=O)NC(c3ccccc3)(c3ccccc3)c3ccccc3)NC(=O)OC(C)(C)C)[nH]c2c1. The van der Waals surface area contributed by atoms with Crippen LogP contribution in [0.2, 0.25) is 0 Å². The number of nitrogens with zero attached hydrogens (tertiary/aromatic N) is 1. The summed E-state index contributed by atoms with van der Waals surface area (Å²) in [6.07, 6.45) is 0.196. The van der Waals surface area contributed by atoms with Crippen LogP contribution in [-0.2, 0) is 21.5 Å². The molecule has 1 atom stereocenters. The highest BCUT2D eigenvalue weighted by Gasteiger charge is 2.38. The summed E-state index contributed by atoms with van der Waals surface area (Å²) in [5, 5.41) is 6.32. The molecule has 7 heteroatoms. The van der Waals surface area contributed by atoms with Crippen molar-refractivity contribution >= 4 is 23.0 Å². The molecule has 4 aromatic carbocycles. The molecule has 0 aliphatic rings. The van der Waals surface area contributed by atoms with Crippen molar-refractivity contribution in [3.05, 3.63) is 137 Å². The summed E-state index contributed by atoms with van der Waals surface area (Å²) in [6.45, 7) is 12.0. The van der Waals surface area contributed by atoms with Gasteiger partial charge in [-0.2, -0.15) is 0 Å². The summed E-state index contributed by atoms with van der Waals surface area (Å²) in [5.41, 5.74) is 3.94. The Morgan fingerprint density at radius 1 is 0.761 bits per heavy atom. The van der Waals surface area contributed by atoms with Crippen LogP contribution in [0.1, 0.15) is 82.1 Å². The van der Waals surface area contributed by atoms with Crippen molar-refractivity contribution < 1.29 is 14.3 Å². The van der Waals surface area contributed by atoms with Gasteiger partial charge in [0, 0.05) is 0 Å². The number of benzene rings is 4. The summed E-state index contributed by atoms with van der Waals surface area (Å²) in [6, 6.07) is 35.2. The van der Waals surface area contributed by atoms with Crippen molar-refractivity contribution in [2.75, 3.05) is 0 Å². The van der Waals surface area contributed by atoms with Gasteiger partial charge in [-0.25, -0.2) is 9.78 Å². The molecular weight excluding hydrogens is 572 g/mol. The molecule has 0 fully saturated rings. The number of aromatic amines is 1. The Morgan fingerprint density at radius 3 is 1.76 bits per heavy atom. The number of hydrogen-bond donors (Lipinski definition) is 3. The fraction of sp³-hybridized carbons (Fsp3) is 0.308. The lowest BCUT2D eigenvalue weighted by molar-refractivity contribution is -0.122. The number of alkyl carbamates (subject to hydrolysis) is 1. The molecule has 0 radical (unpaired) electrons. The van der Waals surface area contributed by atoms with E-state index < -0.39 is 23.3 Å². The van der Waals surface area contributed by atoms with E-state index in [9.17, 15) is 9.59 Å². The number of amides is 2. The normalized spacial score (nSPS) is 12.8. The predicted octanol–water partition coefficient (Wildman–Crippen LogP) is 8.22. The molecule has 5 rings (SSSR count). The molecule has 0 unspecified atom stereocenters. The number of aromatic nitrogens is 2. The lowest BCUT2D eigenvalue weighted by atomic mass is 9.77. The molecule has 0 aliphatic heterocycles. The fourth-order valence-electron chi connectivity index (χ4n) is 5.86. The predicted molar refractivity (Wildman–Crippen MR) is 183 cm³/mol. The topological polar surface area (TPSA) is 96.1 Å². The van der Waals surface area contributed by atoms with E-state index in [1.54, 1.807) is 20.8 Å². The van der Waals surface area contributed by atoms with Gasteiger partial charge < -0.3 is 20.4 Å². The molecule has 2 amide bonds. The molecule has 1 heterocycles. The molecule has 0 spiro atoms. The number of imidazole rings is 1. The summed E-state index contributed by atoms with van der Waals surface area (Å²) in [4.78, 5) is 35.6. The minimum atomic E-state index is -0.993. The molecule has 3 N–H and O–H groups in total. The summed E-state index contributed by atoms with van der Waals surface area (Å²) in [7, 11) is 0. The van der Waals surface area contributed by atoms with Crippen molar-refractivity contribution in [1.29, 1.82) is 0 Å². The molecule has 0 saturated carbocycles. The van der Waals surface area contributed by atoms with Gasteiger partial charge >= 0.3 is 6.09 Å². The van der Waals surface area contributed by atoms with Gasteiger partial charge in [-0.15, -0.1) is 0 Å². The third-order valence-corrected chi connectivity index (χ3v) is 7.66. The lowest BCUT2D eigenvalue weighted by Crippen LogP contribution is -2.49. The Bertz CT molecular complexity index is 1670. The maximum absolute atomic E-state index is 14.3. The first kappa shape index (κ1) is 32.5. The van der Waals surface area contributed by atoms with Crippen molar-refractivity contribution in [1.82, 2.24) is 20.6 Å². The molecule has 0 bridgehead atoms. The third kappa shape index (κ3) is 7.83. The lowest BCUT2D eigenvalue weighted by Gasteiger charge is -2.37. The van der Waals surface area contributed by atoms with Crippen LogP contribution in [-0.4, -0.2) is 27.6 Å². The summed E-state index contributed by atoms with van der Waals surface area (Å²) < 4.78 is 5.60. The number of carbonyl (C=O) groups excluding carboxylic acids is 2. The zero-order valence-corrected chi connectivity index (χ0v) is 27.6. The van der Waals surface area contributed by atoms with Crippen LogP contribution in [0.4, 0.5) is 4.79 Å². The van der Waals surface area contributed by atoms with Crippen LogP contribution in [0.5, 0.6) is 0 Å². The Kier molecular flexibility index (Phi) is 9.33. The Labute approximate surface area is 271 Å². The van der Waals surface area contributed by atoms with Crippen LogP contribution in [0.3, 0.4) is 0 Å². The van der Waals surface area contributed by atoms with E-state index in [0.29, 0.717) is 5.82 Å². The van der Waals surface area contributed by atoms with Gasteiger partial charge in [0.05, 0.1) is 23.5 Å². The first-order valence-corrected chi connectivity index (χ1v) is 15.8. The monoisotopic (exact) mass is 616 g/mol. The van der Waals surface area contributed by atoms with Crippen LogP contribution in [0.25, 0.3) is 11.0 Å². The van der Waals surface area contributed by atoms with E-state index in [-0.39, 0.29) is 17.7 Å². The van der Waals surface area contributed by atoms with E-state index in [0.717, 1.165) is 34.1 Å². The number of fused-ring (bicyclic) bond motifs is 1. The Balaban J connectivity index is 1.54. The second-order valence-electron chi connectivity index (χ2n) is 14.0. The average molecular weight is 617 g/mol. The highest BCUT2D eigenvalue weighted by atomic mass is 16.6. The van der Waals surface area contributed by atoms with E-state index in [4.69, 9.17) is 9.72 Å². The van der Waals surface area contributed by atoms with Crippen LogP contribution >= 0.6 is 0 Å². The number of hydrogen-bond acceptors (Lipinski definition) is 4. The van der Waals surface area contributed by atoms with Gasteiger partial charge in [-0.3, -0.25) is 4.79 Å². The zero-order chi connectivity index (χ0) is 33.0. The van der Waals surface area contributed by atoms with Crippen molar-refractivity contribution in [2.24, 2.45) is 5.41 Å². The van der Waals surface area contributed by atoms with Crippen molar-refractivity contribution in [3.63, 3.8) is 0 Å². The quantitative estimate of drug-likeness (QED) is 0.145. The smallest absolute Gasteiger partial charge is 0.408 e. The minimum Gasteiger partial charge on any atom is -0.444 e. The molecule has 1 aromatic heterocycles. The molecule has 0 saturated heterocycles. The maximum Gasteiger partial charge on any atom is 0.408 e. The largest absolute Gasteiger partial charge is 0.444 e. The van der Waals surface area contributed by atoms with Gasteiger partial charge in [0.25, 0.3) is 0 Å². The van der Waals surface area contributed by atoms with E-state index >= 15 is 0 Å². The summed E-state index contributed by atoms with van der Waals surface area (Å²) >= 11 is 0. The first-order chi connectivity index (χ1) is 21.8. The molecule has 5 aromatic rings. The molecular formula is C39H44N4O3. The first-order valence-electron chi connectivity index (χ1n) is 15.8. The zero-order valence-electron chi connectivity index (χ0n) is 27.6. The highest BCUT2D eigenvalue weighted by molar-refractivity contribution is 5.81. The fourth-order valence-corrected chi connectivity index (χ4v) is 5.86. The molecule has 0 aliphatic carbocycles. The van der Waals surface area contributed by atoms with Crippen LogP contribution in [0, 0.1) is 5.41 Å². The van der Waals surface area contributed by atoms with Crippen molar-refractivity contribution in [3.8, 4) is 0 Å². The van der Waals surface area contributed by atoms with Gasteiger partial charge in [0.1, 0.15) is 17.0 Å². The van der Waals surface area contributed by atoms with Crippen LogP contribution in [0.15, 0.2) is 109 Å². The second-order valence-corrected chi connectivity index (χ2v) is 14.0. The second kappa shape index (κ2) is 13.2. The van der Waals surface area contributed by atoms with Crippen LogP contribution < -0.4 is 10.6 Å². The average Bonchev–Trinajstić information content (AvgIpc) is 3.43. The maximum atomic E-state index is 14.3. The molecule has 7 nitrogen and oxygen atoms in total. The summed E-state index contributed by atoms with van der Waals surface area (Å²) in [5.74, 6) is 0.208. The van der Waals surface area contributed by atoms with E-state index in [2.05, 4.69) is 48.5 Å². The van der Waals surface area contributed by atoms with Gasteiger partial charge in [-0.1, -0.05) is 118 Å². The van der Waals surface area contributed by atoms with Gasteiger partial charge in [0.2, 0.25) is 5.91 Å². The number of ether oxygens (including phenoxy) is 1. The van der Waals surface area contributed by atoms with Gasteiger partial charge in [-0.05, 0) is 67.0 Å². The molecule has 238 valence electrons. The Hall–Kier alpha value is -4.91. The molecule has 46 heavy (non-hydrogen) atoms. The number of nitrogens with one attached hydrogen (secondary N) is 3. The van der Waals surface area contributed by atoms with E-state index in [1.165, 1.54) is 5.56 Å². The standard InChI is InChI=1S/C39H44N4O3/c1-37(2,3)26-27-22-23-31-32(24-27)41-35(40-31)33(42-36(45)46-38(4,5)6)25-34(44)43-39(28-16-10-7-11-17-28,29-18-12-8-13-19-29)30-20-14-9-15-21-30/h7-24,33H,25-26H2,1-6H3,(H,40,41)(H,42,45)(H,43,44)/t33-/m0/s1. The highest BCUT2D eigenvalue weighted by Crippen LogP contribution is 2.37. The Morgan fingerprint density at radius 2 is 1.28 bits per heavy atom. The minimum absolute atomic E-state index is 0.0812. The third-order valence-electron chi connectivity index (χ3n) is 7.66. The van der Waals surface area contributed by atoms with Crippen molar-refractivity contribution in [2.45, 2.75) is 71.6 Å². The van der Waals surface area contributed by atoms with Gasteiger partial charge in [0.15, 0.2) is 0 Å². The number of H-pyrrole nitrogens is 1.